The van der Waals surface area contributed by atoms with Crippen LogP contribution in [0, 0.1) is 0 Å². The highest BCUT2D eigenvalue weighted by Gasteiger charge is 2.32. The van der Waals surface area contributed by atoms with Crippen molar-refractivity contribution in [2.75, 3.05) is 11.1 Å². The Bertz CT molecular complexity index is 1460. The number of hydrogen-bond donors (Lipinski definition) is 3. The van der Waals surface area contributed by atoms with Crippen molar-refractivity contribution in [3.05, 3.63) is 131 Å². The van der Waals surface area contributed by atoms with E-state index in [2.05, 4.69) is 10.6 Å². The number of benzene rings is 4. The van der Waals surface area contributed by atoms with Crippen LogP contribution in [0.1, 0.15) is 58.4 Å². The van der Waals surface area contributed by atoms with Gasteiger partial charge in [0.15, 0.2) is 6.29 Å². The molecule has 0 radical (unpaired) electrons. The highest BCUT2D eigenvalue weighted by atomic mass is 32.2. The van der Waals surface area contributed by atoms with Crippen molar-refractivity contribution in [1.82, 2.24) is 5.32 Å². The SMILES string of the molecule is CC(=O)Nc1ccc(SC[C@H]2C[C@@H](c3ccc(CO)cc3)O[C@@H](c3ccc(CNC(=O)c4ccccc4)cc3)O2)cc1. The molecule has 216 valence electrons. The first-order valence-electron chi connectivity index (χ1n) is 13.9. The van der Waals surface area contributed by atoms with Gasteiger partial charge in [0.1, 0.15) is 0 Å². The van der Waals surface area contributed by atoms with Gasteiger partial charge in [-0.05, 0) is 53.1 Å². The van der Waals surface area contributed by atoms with Crippen LogP contribution in [-0.4, -0.2) is 28.8 Å². The lowest BCUT2D eigenvalue weighted by molar-refractivity contribution is -0.245. The van der Waals surface area contributed by atoms with E-state index in [0.717, 1.165) is 38.6 Å². The second-order valence-corrected chi connectivity index (χ2v) is 11.3. The molecule has 7 nitrogen and oxygen atoms in total. The van der Waals surface area contributed by atoms with E-state index in [-0.39, 0.29) is 30.6 Å². The number of nitrogens with one attached hydrogen (secondary N) is 2. The number of rotatable bonds is 10. The molecule has 4 aromatic rings. The molecule has 8 heteroatoms. The van der Waals surface area contributed by atoms with Crippen LogP contribution in [0.15, 0.2) is 108 Å². The molecule has 1 aliphatic rings. The average Bonchev–Trinajstić information content (AvgIpc) is 3.03. The van der Waals surface area contributed by atoms with Gasteiger partial charge in [0, 0.05) is 47.4 Å². The van der Waals surface area contributed by atoms with Crippen LogP contribution in [0.2, 0.25) is 0 Å². The van der Waals surface area contributed by atoms with Crippen molar-refractivity contribution in [2.45, 2.75) is 49.9 Å². The van der Waals surface area contributed by atoms with Gasteiger partial charge in [-0.3, -0.25) is 9.59 Å². The van der Waals surface area contributed by atoms with Crippen LogP contribution in [0.3, 0.4) is 0 Å². The third kappa shape index (κ3) is 8.08. The molecule has 0 saturated carbocycles. The zero-order valence-corrected chi connectivity index (χ0v) is 24.2. The van der Waals surface area contributed by atoms with Crippen molar-refractivity contribution in [2.24, 2.45) is 0 Å². The molecule has 0 bridgehead atoms. The second-order valence-electron chi connectivity index (χ2n) is 10.2. The van der Waals surface area contributed by atoms with Crippen LogP contribution >= 0.6 is 11.8 Å². The predicted octanol–water partition coefficient (Wildman–Crippen LogP) is 6.41. The average molecular weight is 583 g/mol. The molecule has 0 aromatic heterocycles. The normalized spacial score (nSPS) is 18.3. The fourth-order valence-corrected chi connectivity index (χ4v) is 5.64. The van der Waals surface area contributed by atoms with Gasteiger partial charge in [-0.15, -0.1) is 11.8 Å². The van der Waals surface area contributed by atoms with E-state index >= 15 is 0 Å². The number of aliphatic hydroxyl groups excluding tert-OH is 1. The number of carbonyl (C=O) groups is 2. The summed E-state index contributed by atoms with van der Waals surface area (Å²) in [4.78, 5) is 24.8. The summed E-state index contributed by atoms with van der Waals surface area (Å²) >= 11 is 1.70. The molecule has 0 spiro atoms. The summed E-state index contributed by atoms with van der Waals surface area (Å²) in [5.41, 5.74) is 5.17. The quantitative estimate of drug-likeness (QED) is 0.187. The summed E-state index contributed by atoms with van der Waals surface area (Å²) in [6.07, 6.45) is -0.109. The maximum atomic E-state index is 12.4. The molecule has 4 aromatic carbocycles. The molecule has 42 heavy (non-hydrogen) atoms. The maximum absolute atomic E-state index is 12.4. The lowest BCUT2D eigenvalue weighted by atomic mass is 10.0. The van der Waals surface area contributed by atoms with Gasteiger partial charge < -0.3 is 25.2 Å². The summed E-state index contributed by atoms with van der Waals surface area (Å²) in [5.74, 6) is 0.521. The molecule has 0 aliphatic carbocycles. The van der Waals surface area contributed by atoms with Crippen LogP contribution in [0.25, 0.3) is 0 Å². The van der Waals surface area contributed by atoms with Crippen LogP contribution in [-0.2, 0) is 27.4 Å². The molecule has 3 N–H and O–H groups in total. The minimum absolute atomic E-state index is 0.00428. The molecule has 1 saturated heterocycles. The molecule has 5 rings (SSSR count). The van der Waals surface area contributed by atoms with E-state index in [1.54, 1.807) is 23.9 Å². The number of carbonyl (C=O) groups excluding carboxylic acids is 2. The molecule has 0 unspecified atom stereocenters. The Kier molecular flexibility index (Phi) is 10.0. The lowest BCUT2D eigenvalue weighted by Gasteiger charge is -2.36. The Balaban J connectivity index is 1.26. The molecule has 1 heterocycles. The van der Waals surface area contributed by atoms with E-state index in [0.29, 0.717) is 18.5 Å². The van der Waals surface area contributed by atoms with E-state index in [1.807, 2.05) is 91.0 Å². The number of amides is 2. The highest BCUT2D eigenvalue weighted by molar-refractivity contribution is 7.99. The Labute approximate surface area is 250 Å². The maximum Gasteiger partial charge on any atom is 0.251 e. The molecule has 2 amide bonds. The van der Waals surface area contributed by atoms with Gasteiger partial charge in [0.2, 0.25) is 5.91 Å². The Morgan fingerprint density at radius 2 is 1.50 bits per heavy atom. The largest absolute Gasteiger partial charge is 0.392 e. The monoisotopic (exact) mass is 582 g/mol. The van der Waals surface area contributed by atoms with E-state index < -0.39 is 6.29 Å². The highest BCUT2D eigenvalue weighted by Crippen LogP contribution is 2.39. The fraction of sp³-hybridized carbons (Fsp3) is 0.235. The Morgan fingerprint density at radius 3 is 2.17 bits per heavy atom. The minimum atomic E-state index is -0.554. The Hall–Kier alpha value is -3.95. The lowest BCUT2D eigenvalue weighted by Crippen LogP contribution is -2.31. The topological polar surface area (TPSA) is 96.9 Å². The Morgan fingerprint density at radius 1 is 0.833 bits per heavy atom. The van der Waals surface area contributed by atoms with Gasteiger partial charge in [-0.25, -0.2) is 0 Å². The van der Waals surface area contributed by atoms with Crippen molar-refractivity contribution in [3.63, 3.8) is 0 Å². The van der Waals surface area contributed by atoms with Gasteiger partial charge >= 0.3 is 0 Å². The number of aliphatic hydroxyl groups is 1. The third-order valence-corrected chi connectivity index (χ3v) is 8.11. The number of ether oxygens (including phenoxy) is 2. The minimum Gasteiger partial charge on any atom is -0.392 e. The second kappa shape index (κ2) is 14.3. The smallest absolute Gasteiger partial charge is 0.251 e. The summed E-state index contributed by atoms with van der Waals surface area (Å²) in [7, 11) is 0. The van der Waals surface area contributed by atoms with Gasteiger partial charge in [0.05, 0.1) is 18.8 Å². The molecule has 1 fully saturated rings. The number of thioether (sulfide) groups is 1. The van der Waals surface area contributed by atoms with Gasteiger partial charge in [-0.2, -0.15) is 0 Å². The van der Waals surface area contributed by atoms with Gasteiger partial charge in [0.25, 0.3) is 5.91 Å². The third-order valence-electron chi connectivity index (χ3n) is 6.97. The van der Waals surface area contributed by atoms with E-state index in [4.69, 9.17) is 9.47 Å². The number of hydrogen-bond acceptors (Lipinski definition) is 6. The molecule has 3 atom stereocenters. The first kappa shape index (κ1) is 29.5. The summed E-state index contributed by atoms with van der Waals surface area (Å²) in [6.45, 7) is 1.91. The van der Waals surface area contributed by atoms with Crippen LogP contribution in [0.4, 0.5) is 5.69 Å². The summed E-state index contributed by atoms with van der Waals surface area (Å²) < 4.78 is 12.9. The van der Waals surface area contributed by atoms with Gasteiger partial charge in [-0.1, -0.05) is 66.7 Å². The van der Waals surface area contributed by atoms with Crippen molar-refractivity contribution < 1.29 is 24.2 Å². The van der Waals surface area contributed by atoms with Crippen molar-refractivity contribution in [3.8, 4) is 0 Å². The van der Waals surface area contributed by atoms with Crippen LogP contribution < -0.4 is 10.6 Å². The van der Waals surface area contributed by atoms with Crippen molar-refractivity contribution >= 4 is 29.3 Å². The first-order chi connectivity index (χ1) is 20.5. The zero-order chi connectivity index (χ0) is 29.3. The van der Waals surface area contributed by atoms with E-state index in [1.165, 1.54) is 6.92 Å². The number of anilines is 1. The van der Waals surface area contributed by atoms with Crippen LogP contribution in [0.5, 0.6) is 0 Å². The summed E-state index contributed by atoms with van der Waals surface area (Å²) in [6, 6.07) is 32.7. The molecular formula is C34H34N2O5S. The van der Waals surface area contributed by atoms with E-state index in [9.17, 15) is 14.7 Å². The molecular weight excluding hydrogens is 548 g/mol. The zero-order valence-electron chi connectivity index (χ0n) is 23.4. The molecule has 1 aliphatic heterocycles. The first-order valence-corrected chi connectivity index (χ1v) is 14.9. The predicted molar refractivity (Wildman–Crippen MR) is 164 cm³/mol. The van der Waals surface area contributed by atoms with Crippen molar-refractivity contribution in [1.29, 1.82) is 0 Å². The summed E-state index contributed by atoms with van der Waals surface area (Å²) in [5, 5.41) is 15.2. The standard InChI is InChI=1S/C34H34N2O5S/c1-23(38)36-29-15-17-31(18-16-29)42-22-30-19-32(26-11-9-25(21-37)10-12-26)41-34(40-30)28-13-7-24(8-14-28)20-35-33(39)27-5-3-2-4-6-27/h2-18,30,32,34,37H,19-22H2,1H3,(H,35,39)(H,36,38)/t30-,32+,34+/m1/s1. The fourth-order valence-electron chi connectivity index (χ4n) is 4.72.